The minimum atomic E-state index is -8.89. The largest absolute Gasteiger partial charge is 0.460 e. The van der Waals surface area contributed by atoms with E-state index in [9.17, 15) is 88.2 Å². The minimum Gasteiger partial charge on any atom is -0.397 e. The van der Waals surface area contributed by atoms with Crippen molar-refractivity contribution >= 4 is 5.97 Å². The summed E-state index contributed by atoms with van der Waals surface area (Å²) in [4.78, 5) is 10.5. The maximum absolute atomic E-state index is 13.4. The average Bonchev–Trinajstić information content (AvgIpc) is 2.57. The number of esters is 1. The van der Waals surface area contributed by atoms with Crippen LogP contribution >= 0.6 is 0 Å². The highest BCUT2D eigenvalue weighted by Crippen LogP contribution is 2.64. The van der Waals surface area contributed by atoms with E-state index in [4.69, 9.17) is 0 Å². The third kappa shape index (κ3) is 4.57. The van der Waals surface area contributed by atoms with Crippen LogP contribution in [0.1, 0.15) is 6.42 Å². The van der Waals surface area contributed by atoms with Crippen molar-refractivity contribution < 1.29 is 92.9 Å². The summed E-state index contributed by atoms with van der Waals surface area (Å²) in [6, 6.07) is 0. The van der Waals surface area contributed by atoms with Gasteiger partial charge in [0.1, 0.15) is 6.42 Å². The molecular formula is C13H5F19O2. The van der Waals surface area contributed by atoms with Crippen molar-refractivity contribution in [2.75, 3.05) is 0 Å². The van der Waals surface area contributed by atoms with Crippen LogP contribution in [0.2, 0.25) is 0 Å². The topological polar surface area (TPSA) is 26.3 Å². The minimum absolute atomic E-state index is 0.267. The SMILES string of the molecule is C=CC(=O)OC(F)(F)CC(F)(F)C(F)(F)C(F)(F)C(F)(F)C(F)(F)C(F)(F)C(F)(F)C(F)(F)F. The molecule has 0 saturated carbocycles. The Balaban J connectivity index is 6.66. The molecule has 0 bridgehead atoms. The summed E-state index contributed by atoms with van der Waals surface area (Å²) in [6.45, 7) is 2.39. The number of hydrogen-bond donors (Lipinski definition) is 0. The van der Waals surface area contributed by atoms with Crippen molar-refractivity contribution in [1.29, 1.82) is 0 Å². The predicted molar refractivity (Wildman–Crippen MR) is 66.5 cm³/mol. The fourth-order valence-electron chi connectivity index (χ4n) is 1.79. The molecule has 0 fully saturated rings. The first kappa shape index (κ1) is 31.9. The third-order valence-corrected chi connectivity index (χ3v) is 3.63. The molecule has 0 unspecified atom stereocenters. The lowest BCUT2D eigenvalue weighted by Crippen LogP contribution is -2.74. The van der Waals surface area contributed by atoms with Crippen LogP contribution in [0.25, 0.3) is 0 Å². The summed E-state index contributed by atoms with van der Waals surface area (Å²) < 4.78 is 249. The van der Waals surface area contributed by atoms with Gasteiger partial charge in [-0.1, -0.05) is 6.58 Å². The zero-order valence-corrected chi connectivity index (χ0v) is 15.0. The molecule has 0 saturated heterocycles. The molecule has 0 spiro atoms. The van der Waals surface area contributed by atoms with E-state index < -0.39 is 66.1 Å². The molecule has 0 radical (unpaired) electrons. The zero-order valence-electron chi connectivity index (χ0n) is 15.0. The Bertz CT molecular complexity index is 778. The molecule has 0 aliphatic rings. The molecule has 34 heavy (non-hydrogen) atoms. The van der Waals surface area contributed by atoms with Crippen LogP contribution in [-0.4, -0.2) is 59.7 Å². The van der Waals surface area contributed by atoms with Crippen molar-refractivity contribution in [1.82, 2.24) is 0 Å². The van der Waals surface area contributed by atoms with Crippen LogP contribution in [0, 0.1) is 0 Å². The molecule has 0 N–H and O–H groups in total. The molecule has 0 aliphatic heterocycles. The molecule has 0 heterocycles. The first-order chi connectivity index (χ1) is 14.4. The lowest BCUT2D eigenvalue weighted by Gasteiger charge is -2.43. The van der Waals surface area contributed by atoms with E-state index >= 15 is 0 Å². The van der Waals surface area contributed by atoms with Gasteiger partial charge in [0.2, 0.25) is 0 Å². The van der Waals surface area contributed by atoms with E-state index in [1.165, 1.54) is 0 Å². The van der Waals surface area contributed by atoms with E-state index in [1.54, 1.807) is 0 Å². The van der Waals surface area contributed by atoms with Crippen molar-refractivity contribution in [3.05, 3.63) is 12.7 Å². The Morgan fingerprint density at radius 2 is 0.853 bits per heavy atom. The van der Waals surface area contributed by atoms with Gasteiger partial charge in [0.25, 0.3) is 0 Å². The first-order valence-electron chi connectivity index (χ1n) is 7.36. The van der Waals surface area contributed by atoms with Crippen LogP contribution in [-0.2, 0) is 9.53 Å². The number of halogens is 19. The van der Waals surface area contributed by atoms with E-state index in [-0.39, 0.29) is 6.08 Å². The molecule has 0 atom stereocenters. The Morgan fingerprint density at radius 3 is 1.15 bits per heavy atom. The standard InChI is InChI=1S/C13H5F19O2/c1-2-4(33)34-6(16,17)3-5(14,15)7(18,19)8(20,21)9(22,23)10(24,25)11(26,27)12(28,29)13(30,31)32/h2H,1,3H2. The van der Waals surface area contributed by atoms with Gasteiger partial charge in [0, 0.05) is 6.08 Å². The number of carbonyl (C=O) groups is 1. The van der Waals surface area contributed by atoms with Gasteiger partial charge in [0.15, 0.2) is 0 Å². The fourth-order valence-corrected chi connectivity index (χ4v) is 1.79. The summed E-state index contributed by atoms with van der Waals surface area (Å²) in [6.07, 6.45) is -18.4. The molecule has 202 valence electrons. The monoisotopic (exact) mass is 554 g/mol. The maximum Gasteiger partial charge on any atom is 0.460 e. The second-order valence-corrected chi connectivity index (χ2v) is 6.09. The molecule has 0 aliphatic carbocycles. The third-order valence-electron chi connectivity index (χ3n) is 3.63. The van der Waals surface area contributed by atoms with Gasteiger partial charge in [-0.15, -0.1) is 0 Å². The highest BCUT2D eigenvalue weighted by Gasteiger charge is 2.95. The van der Waals surface area contributed by atoms with Gasteiger partial charge < -0.3 is 4.74 Å². The molecular weight excluding hydrogens is 549 g/mol. The number of carbonyl (C=O) groups excluding carboxylic acids is 1. The molecule has 0 rings (SSSR count). The lowest BCUT2D eigenvalue weighted by molar-refractivity contribution is -0.463. The Labute approximate surface area is 173 Å². The van der Waals surface area contributed by atoms with Gasteiger partial charge in [0.05, 0.1) is 0 Å². The highest BCUT2D eigenvalue weighted by molar-refractivity contribution is 5.81. The molecule has 0 aromatic rings. The normalized spacial score (nSPS) is 15.9. The Morgan fingerprint density at radius 1 is 0.559 bits per heavy atom. The van der Waals surface area contributed by atoms with Crippen LogP contribution < -0.4 is 0 Å². The van der Waals surface area contributed by atoms with E-state index in [0.717, 1.165) is 0 Å². The number of alkyl halides is 19. The Hall–Kier alpha value is -2.12. The molecule has 0 aromatic carbocycles. The fraction of sp³-hybridized carbons (Fsp3) is 0.769. The number of rotatable bonds is 10. The summed E-state index contributed by atoms with van der Waals surface area (Å²) in [5, 5.41) is 0. The smallest absolute Gasteiger partial charge is 0.397 e. The van der Waals surface area contributed by atoms with Gasteiger partial charge in [-0.2, -0.15) is 83.4 Å². The first-order valence-corrected chi connectivity index (χ1v) is 7.36. The van der Waals surface area contributed by atoms with Gasteiger partial charge >= 0.3 is 59.7 Å². The molecule has 2 nitrogen and oxygen atoms in total. The summed E-state index contributed by atoms with van der Waals surface area (Å²) >= 11 is 0. The van der Waals surface area contributed by atoms with Gasteiger partial charge in [-0.3, -0.25) is 0 Å². The van der Waals surface area contributed by atoms with Crippen molar-refractivity contribution in [2.45, 2.75) is 60.2 Å². The van der Waals surface area contributed by atoms with Crippen LogP contribution in [0.5, 0.6) is 0 Å². The van der Waals surface area contributed by atoms with E-state index in [0.29, 0.717) is 0 Å². The number of hydrogen-bond acceptors (Lipinski definition) is 2. The molecule has 0 amide bonds. The number of ether oxygens (including phenoxy) is 1. The molecule has 0 aromatic heterocycles. The lowest BCUT2D eigenvalue weighted by atomic mass is 9.88. The summed E-state index contributed by atoms with van der Waals surface area (Å²) in [5.74, 6) is -61.7. The van der Waals surface area contributed by atoms with E-state index in [1.807, 2.05) is 0 Å². The van der Waals surface area contributed by atoms with Gasteiger partial charge in [-0.25, -0.2) is 4.79 Å². The van der Waals surface area contributed by atoms with Crippen LogP contribution in [0.3, 0.4) is 0 Å². The van der Waals surface area contributed by atoms with E-state index in [2.05, 4.69) is 11.3 Å². The quantitative estimate of drug-likeness (QED) is 0.171. The maximum atomic E-state index is 13.4. The zero-order chi connectivity index (χ0) is 28.2. The predicted octanol–water partition coefficient (Wildman–Crippen LogP) is 6.71. The second-order valence-electron chi connectivity index (χ2n) is 6.09. The van der Waals surface area contributed by atoms with Crippen LogP contribution in [0.15, 0.2) is 12.7 Å². The average molecular weight is 554 g/mol. The molecule has 21 heteroatoms. The van der Waals surface area contributed by atoms with Crippen LogP contribution in [0.4, 0.5) is 83.4 Å². The van der Waals surface area contributed by atoms with Crippen molar-refractivity contribution in [3.63, 3.8) is 0 Å². The summed E-state index contributed by atoms with van der Waals surface area (Å²) in [5.41, 5.74) is 0. The highest BCUT2D eigenvalue weighted by atomic mass is 19.4. The Kier molecular flexibility index (Phi) is 7.72. The van der Waals surface area contributed by atoms with Gasteiger partial charge in [-0.05, 0) is 0 Å². The van der Waals surface area contributed by atoms with Crippen molar-refractivity contribution in [3.8, 4) is 0 Å². The second kappa shape index (κ2) is 8.23. The van der Waals surface area contributed by atoms with Crippen molar-refractivity contribution in [2.24, 2.45) is 0 Å². The summed E-state index contributed by atoms with van der Waals surface area (Å²) in [7, 11) is 0.